The Morgan fingerprint density at radius 3 is 2.53 bits per heavy atom. The van der Waals surface area contributed by atoms with Gasteiger partial charge in [0.15, 0.2) is 5.69 Å². The summed E-state index contributed by atoms with van der Waals surface area (Å²) < 4.78 is 15.1. The molecule has 1 aromatic heterocycles. The molecule has 2 atom stereocenters. The minimum Gasteiger partial charge on any atom is -0.481 e. The van der Waals surface area contributed by atoms with Crippen LogP contribution in [0.15, 0.2) is 54.6 Å². The highest BCUT2D eigenvalue weighted by atomic mass is 19.1. The summed E-state index contributed by atoms with van der Waals surface area (Å²) in [5.41, 5.74) is 2.88. The van der Waals surface area contributed by atoms with E-state index >= 15 is 0 Å². The van der Waals surface area contributed by atoms with Gasteiger partial charge in [-0.25, -0.2) is 9.07 Å². The van der Waals surface area contributed by atoms with Gasteiger partial charge in [0.1, 0.15) is 5.82 Å². The number of hydrogen-bond donors (Lipinski definition) is 4. The number of hydrogen-bond acceptors (Lipinski definition) is 6. The maximum atomic E-state index is 13.6. The van der Waals surface area contributed by atoms with Crippen LogP contribution in [0.4, 0.5) is 4.39 Å². The van der Waals surface area contributed by atoms with Crippen molar-refractivity contribution >= 4 is 18.0 Å². The van der Waals surface area contributed by atoms with E-state index in [9.17, 15) is 24.2 Å². The first-order chi connectivity index (χ1) is 18.1. The fourth-order valence-electron chi connectivity index (χ4n) is 3.98. The Morgan fingerprint density at radius 2 is 1.89 bits per heavy atom. The SMILES string of the molecule is CC(C)c1c(C(=O)NCc2cccc(C#N)c2)nn(-c2ccc(F)cc2)c1/C=C/[C@H](O)C[C@@H](O)CC(=O)O. The molecule has 0 aliphatic carbocycles. The van der Waals surface area contributed by atoms with E-state index in [4.69, 9.17) is 10.4 Å². The summed E-state index contributed by atoms with van der Waals surface area (Å²) in [6.45, 7) is 3.92. The number of nitriles is 1. The third kappa shape index (κ3) is 7.35. The van der Waals surface area contributed by atoms with Crippen molar-refractivity contribution in [3.8, 4) is 11.8 Å². The lowest BCUT2D eigenvalue weighted by Crippen LogP contribution is -2.24. The highest BCUT2D eigenvalue weighted by Crippen LogP contribution is 2.28. The fourth-order valence-corrected chi connectivity index (χ4v) is 3.98. The van der Waals surface area contributed by atoms with Gasteiger partial charge in [-0.15, -0.1) is 0 Å². The Morgan fingerprint density at radius 1 is 1.18 bits per heavy atom. The van der Waals surface area contributed by atoms with E-state index in [-0.39, 0.29) is 24.6 Å². The van der Waals surface area contributed by atoms with E-state index in [0.717, 1.165) is 5.56 Å². The first-order valence-corrected chi connectivity index (χ1v) is 12.0. The van der Waals surface area contributed by atoms with Crippen molar-refractivity contribution in [2.75, 3.05) is 0 Å². The maximum Gasteiger partial charge on any atom is 0.305 e. The maximum absolute atomic E-state index is 13.6. The predicted molar refractivity (Wildman–Crippen MR) is 138 cm³/mol. The molecule has 1 heterocycles. The summed E-state index contributed by atoms with van der Waals surface area (Å²) in [7, 11) is 0. The summed E-state index contributed by atoms with van der Waals surface area (Å²) in [5.74, 6) is -2.26. The Labute approximate surface area is 219 Å². The van der Waals surface area contributed by atoms with E-state index in [0.29, 0.717) is 22.5 Å². The number of amides is 1. The van der Waals surface area contributed by atoms with Gasteiger partial charge in [-0.3, -0.25) is 9.59 Å². The number of aliphatic carboxylic acids is 1. The minimum absolute atomic E-state index is 0.140. The fraction of sp³-hybridized carbons (Fsp3) is 0.286. The molecule has 0 bridgehead atoms. The molecule has 0 radical (unpaired) electrons. The van der Waals surface area contributed by atoms with E-state index in [1.807, 2.05) is 13.8 Å². The van der Waals surface area contributed by atoms with Gasteiger partial charge in [0.05, 0.1) is 41.6 Å². The van der Waals surface area contributed by atoms with Crippen molar-refractivity contribution < 1.29 is 29.3 Å². The summed E-state index contributed by atoms with van der Waals surface area (Å²) in [5, 5.41) is 45.5. The molecule has 0 aliphatic heterocycles. The van der Waals surface area contributed by atoms with Crippen molar-refractivity contribution in [2.45, 2.75) is 51.4 Å². The number of nitrogens with zero attached hydrogens (tertiary/aromatic N) is 3. The first kappa shape index (κ1) is 28.2. The number of benzene rings is 2. The molecule has 0 fully saturated rings. The van der Waals surface area contributed by atoms with Crippen LogP contribution in [0, 0.1) is 17.1 Å². The van der Waals surface area contributed by atoms with Gasteiger partial charge in [-0.2, -0.15) is 10.4 Å². The van der Waals surface area contributed by atoms with Gasteiger partial charge in [-0.05, 0) is 54.0 Å². The quantitative estimate of drug-likeness (QED) is 0.302. The second kappa shape index (κ2) is 12.8. The van der Waals surface area contributed by atoms with Gasteiger partial charge < -0.3 is 20.6 Å². The lowest BCUT2D eigenvalue weighted by Gasteiger charge is -2.12. The molecule has 2 aromatic carbocycles. The summed E-state index contributed by atoms with van der Waals surface area (Å²) in [6.07, 6.45) is -0.151. The third-order valence-corrected chi connectivity index (χ3v) is 5.73. The Balaban J connectivity index is 1.97. The van der Waals surface area contributed by atoms with Crippen molar-refractivity contribution in [2.24, 2.45) is 0 Å². The lowest BCUT2D eigenvalue weighted by molar-refractivity contribution is -0.139. The van der Waals surface area contributed by atoms with E-state index in [1.54, 1.807) is 30.3 Å². The zero-order chi connectivity index (χ0) is 27.8. The number of carbonyl (C=O) groups is 2. The average Bonchev–Trinajstić information content (AvgIpc) is 3.26. The number of carboxylic acids is 1. The first-order valence-electron chi connectivity index (χ1n) is 12.0. The van der Waals surface area contributed by atoms with Crippen LogP contribution in [0.1, 0.15) is 65.5 Å². The van der Waals surface area contributed by atoms with Crippen LogP contribution in [-0.4, -0.2) is 49.2 Å². The standard InChI is InChI=1S/C28H29FN4O5/c1-17(2)26-24(11-10-22(34)13-23(35)14-25(36)37)33(21-8-6-20(29)7-9-21)32-27(26)28(38)31-16-19-5-3-4-18(12-19)15-30/h3-12,17,22-23,34-35H,13-14,16H2,1-2H3,(H,31,38)(H,36,37)/b11-10+/t22-,23+/m0/s1. The van der Waals surface area contributed by atoms with Gasteiger partial charge in [0.2, 0.25) is 0 Å². The highest BCUT2D eigenvalue weighted by molar-refractivity contribution is 5.95. The summed E-state index contributed by atoms with van der Waals surface area (Å²) in [6, 6.07) is 14.5. The number of aliphatic hydroxyl groups is 2. The van der Waals surface area contributed by atoms with E-state index in [2.05, 4.69) is 16.5 Å². The van der Waals surface area contributed by atoms with Crippen LogP contribution in [-0.2, 0) is 11.3 Å². The van der Waals surface area contributed by atoms with Gasteiger partial charge in [0, 0.05) is 18.5 Å². The lowest BCUT2D eigenvalue weighted by atomic mass is 9.98. The number of carbonyl (C=O) groups excluding carboxylic acids is 1. The van der Waals surface area contributed by atoms with E-state index < -0.39 is 36.3 Å². The normalized spacial score (nSPS) is 12.9. The van der Waals surface area contributed by atoms with Crippen LogP contribution in [0.25, 0.3) is 11.8 Å². The summed E-state index contributed by atoms with van der Waals surface area (Å²) in [4.78, 5) is 24.1. The molecule has 0 spiro atoms. The van der Waals surface area contributed by atoms with Gasteiger partial charge in [0.25, 0.3) is 5.91 Å². The zero-order valence-electron chi connectivity index (χ0n) is 21.0. The van der Waals surface area contributed by atoms with Gasteiger partial charge >= 0.3 is 5.97 Å². The summed E-state index contributed by atoms with van der Waals surface area (Å²) >= 11 is 0. The highest BCUT2D eigenvalue weighted by Gasteiger charge is 2.25. The molecule has 198 valence electrons. The van der Waals surface area contributed by atoms with Crippen LogP contribution in [0.2, 0.25) is 0 Å². The number of nitrogens with one attached hydrogen (secondary N) is 1. The Kier molecular flexibility index (Phi) is 9.49. The molecule has 3 aromatic rings. The Bertz CT molecular complexity index is 1360. The molecular weight excluding hydrogens is 491 g/mol. The molecule has 1 amide bonds. The smallest absolute Gasteiger partial charge is 0.305 e. The molecule has 9 nitrogen and oxygen atoms in total. The molecular formula is C28H29FN4O5. The number of aliphatic hydroxyl groups excluding tert-OH is 2. The molecule has 4 N–H and O–H groups in total. The minimum atomic E-state index is -1.24. The van der Waals surface area contributed by atoms with Crippen LogP contribution in [0.5, 0.6) is 0 Å². The number of carboxylic acid groups (broad SMARTS) is 1. The van der Waals surface area contributed by atoms with Crippen molar-refractivity contribution in [3.05, 3.63) is 88.5 Å². The second-order valence-electron chi connectivity index (χ2n) is 9.10. The molecule has 0 saturated heterocycles. The number of rotatable bonds is 11. The monoisotopic (exact) mass is 520 g/mol. The third-order valence-electron chi connectivity index (χ3n) is 5.73. The molecule has 3 rings (SSSR count). The van der Waals surface area contributed by atoms with E-state index in [1.165, 1.54) is 35.0 Å². The van der Waals surface area contributed by atoms with Crippen LogP contribution in [0.3, 0.4) is 0 Å². The van der Waals surface area contributed by atoms with Crippen molar-refractivity contribution in [1.82, 2.24) is 15.1 Å². The molecule has 0 saturated carbocycles. The van der Waals surface area contributed by atoms with Crippen molar-refractivity contribution in [1.29, 1.82) is 5.26 Å². The molecule has 10 heteroatoms. The average molecular weight is 521 g/mol. The Hall–Kier alpha value is -4.33. The zero-order valence-corrected chi connectivity index (χ0v) is 21.0. The molecule has 0 unspecified atom stereocenters. The molecule has 0 aliphatic rings. The topological polar surface area (TPSA) is 148 Å². The van der Waals surface area contributed by atoms with Crippen LogP contribution >= 0.6 is 0 Å². The largest absolute Gasteiger partial charge is 0.481 e. The number of aromatic nitrogens is 2. The van der Waals surface area contributed by atoms with Crippen LogP contribution < -0.4 is 5.32 Å². The second-order valence-corrected chi connectivity index (χ2v) is 9.10. The van der Waals surface area contributed by atoms with Crippen molar-refractivity contribution in [3.63, 3.8) is 0 Å². The molecule has 38 heavy (non-hydrogen) atoms. The number of halogens is 1. The van der Waals surface area contributed by atoms with Gasteiger partial charge in [-0.1, -0.05) is 32.1 Å². The predicted octanol–water partition coefficient (Wildman–Crippen LogP) is 3.54.